The van der Waals surface area contributed by atoms with Gasteiger partial charge in [-0.25, -0.2) is 8.42 Å². The van der Waals surface area contributed by atoms with Crippen LogP contribution in [0.5, 0.6) is 11.5 Å². The fraction of sp³-hybridized carbons (Fsp3) is 0.297. The Labute approximate surface area is 278 Å². The lowest BCUT2D eigenvalue weighted by Gasteiger charge is -2.34. The molecule has 0 saturated carbocycles. The van der Waals surface area contributed by atoms with Crippen molar-refractivity contribution in [2.24, 2.45) is 0 Å². The number of hydrogen-bond acceptors (Lipinski definition) is 6. The fourth-order valence-electron chi connectivity index (χ4n) is 5.23. The Kier molecular flexibility index (Phi) is 12.0. The molecule has 4 rings (SSSR count). The third kappa shape index (κ3) is 8.92. The van der Waals surface area contributed by atoms with E-state index < -0.39 is 28.5 Å². The van der Waals surface area contributed by atoms with Crippen LogP contribution in [0.4, 0.5) is 5.69 Å². The lowest BCUT2D eigenvalue weighted by atomic mass is 10.0. The summed E-state index contributed by atoms with van der Waals surface area (Å²) in [5, 5.41) is 3.06. The van der Waals surface area contributed by atoms with Crippen molar-refractivity contribution in [2.45, 2.75) is 57.1 Å². The van der Waals surface area contributed by atoms with Gasteiger partial charge < -0.3 is 19.7 Å². The second-order valence-electron chi connectivity index (χ2n) is 11.4. The van der Waals surface area contributed by atoms with Crippen LogP contribution < -0.4 is 19.1 Å². The van der Waals surface area contributed by atoms with Crippen molar-refractivity contribution in [3.8, 4) is 11.5 Å². The molecule has 0 aliphatic heterocycles. The van der Waals surface area contributed by atoms with E-state index in [1.54, 1.807) is 36.4 Å². The molecule has 2 amide bonds. The molecule has 0 heterocycles. The Morgan fingerprint density at radius 3 is 2.13 bits per heavy atom. The van der Waals surface area contributed by atoms with Crippen LogP contribution >= 0.6 is 0 Å². The number of nitrogens with zero attached hydrogens (tertiary/aromatic N) is 2. The van der Waals surface area contributed by atoms with Crippen LogP contribution in [0.3, 0.4) is 0 Å². The average Bonchev–Trinajstić information content (AvgIpc) is 3.08. The quantitative estimate of drug-likeness (QED) is 0.174. The van der Waals surface area contributed by atoms with Crippen LogP contribution in [-0.2, 0) is 32.6 Å². The summed E-state index contributed by atoms with van der Waals surface area (Å²) in [6, 6.07) is 28.7. The first-order chi connectivity index (χ1) is 22.6. The number of carbonyl (C=O) groups excluding carboxylic acids is 2. The molecule has 0 aromatic heterocycles. The van der Waals surface area contributed by atoms with Gasteiger partial charge in [-0.1, -0.05) is 79.2 Å². The summed E-state index contributed by atoms with van der Waals surface area (Å²) in [7, 11) is -1.36. The van der Waals surface area contributed by atoms with Gasteiger partial charge in [0.15, 0.2) is 0 Å². The molecule has 4 aromatic carbocycles. The minimum Gasteiger partial charge on any atom is -0.497 e. The first-order valence-corrected chi connectivity index (χ1v) is 17.0. The standard InChI is InChI=1S/C37H43N3O6S/c1-6-28(3)38-37(42)34(24-29-14-8-7-9-15-29)39(25-30-16-12-13-27(2)23-30)36(41)26-40(33-17-10-11-18-35(33)46-5)47(43,44)32-21-19-31(45-4)20-22-32/h7-23,28,34H,6,24-26H2,1-5H3,(H,38,42). The minimum atomic E-state index is -4.30. The summed E-state index contributed by atoms with van der Waals surface area (Å²) in [5.41, 5.74) is 2.87. The molecule has 0 saturated heterocycles. The van der Waals surface area contributed by atoms with Gasteiger partial charge in [0, 0.05) is 19.0 Å². The topological polar surface area (TPSA) is 105 Å². The van der Waals surface area contributed by atoms with Gasteiger partial charge in [-0.2, -0.15) is 0 Å². The number of benzene rings is 4. The zero-order valence-corrected chi connectivity index (χ0v) is 28.4. The zero-order valence-electron chi connectivity index (χ0n) is 27.6. The Balaban J connectivity index is 1.84. The second kappa shape index (κ2) is 16.1. The molecule has 2 atom stereocenters. The smallest absolute Gasteiger partial charge is 0.264 e. The van der Waals surface area contributed by atoms with Gasteiger partial charge in [-0.3, -0.25) is 13.9 Å². The third-order valence-electron chi connectivity index (χ3n) is 7.99. The molecule has 0 bridgehead atoms. The largest absolute Gasteiger partial charge is 0.497 e. The number of methoxy groups -OCH3 is 2. The van der Waals surface area contributed by atoms with Crippen LogP contribution in [0.2, 0.25) is 0 Å². The predicted octanol–water partition coefficient (Wildman–Crippen LogP) is 5.76. The number of amides is 2. The minimum absolute atomic E-state index is 0.0300. The van der Waals surface area contributed by atoms with Crippen LogP contribution in [0.25, 0.3) is 0 Å². The van der Waals surface area contributed by atoms with Crippen molar-refractivity contribution in [3.63, 3.8) is 0 Å². The number of para-hydroxylation sites is 2. The summed E-state index contributed by atoms with van der Waals surface area (Å²) in [6.07, 6.45) is 0.942. The SMILES string of the molecule is CCC(C)NC(=O)C(Cc1ccccc1)N(Cc1cccc(C)c1)C(=O)CN(c1ccccc1OC)S(=O)(=O)c1ccc(OC)cc1. The molecule has 47 heavy (non-hydrogen) atoms. The van der Waals surface area contributed by atoms with E-state index in [2.05, 4.69) is 5.32 Å². The van der Waals surface area contributed by atoms with Crippen molar-refractivity contribution in [1.29, 1.82) is 0 Å². The monoisotopic (exact) mass is 657 g/mol. The Morgan fingerprint density at radius 2 is 1.49 bits per heavy atom. The highest BCUT2D eigenvalue weighted by molar-refractivity contribution is 7.92. The molecule has 2 unspecified atom stereocenters. The van der Waals surface area contributed by atoms with Crippen molar-refractivity contribution in [2.75, 3.05) is 25.1 Å². The molecule has 0 fully saturated rings. The summed E-state index contributed by atoms with van der Waals surface area (Å²) in [4.78, 5) is 30.1. The predicted molar refractivity (Wildman–Crippen MR) is 184 cm³/mol. The maximum atomic E-state index is 14.7. The van der Waals surface area contributed by atoms with E-state index in [0.29, 0.717) is 12.2 Å². The summed E-state index contributed by atoms with van der Waals surface area (Å²) < 4.78 is 40.5. The molecule has 0 aliphatic rings. The molecule has 9 nitrogen and oxygen atoms in total. The number of anilines is 1. The molecule has 1 N–H and O–H groups in total. The zero-order chi connectivity index (χ0) is 34.0. The lowest BCUT2D eigenvalue weighted by Crippen LogP contribution is -2.54. The van der Waals surface area contributed by atoms with Gasteiger partial charge >= 0.3 is 0 Å². The second-order valence-corrected chi connectivity index (χ2v) is 13.3. The first-order valence-electron chi connectivity index (χ1n) is 15.6. The highest BCUT2D eigenvalue weighted by atomic mass is 32.2. The van der Waals surface area contributed by atoms with Crippen molar-refractivity contribution in [1.82, 2.24) is 10.2 Å². The van der Waals surface area contributed by atoms with E-state index >= 15 is 0 Å². The van der Waals surface area contributed by atoms with Crippen LogP contribution in [0, 0.1) is 6.92 Å². The molecule has 248 valence electrons. The number of nitrogens with one attached hydrogen (secondary N) is 1. The van der Waals surface area contributed by atoms with Gasteiger partial charge in [-0.15, -0.1) is 0 Å². The molecular weight excluding hydrogens is 614 g/mol. The summed E-state index contributed by atoms with van der Waals surface area (Å²) in [5.74, 6) is -0.0944. The number of ether oxygens (including phenoxy) is 2. The Morgan fingerprint density at radius 1 is 0.830 bits per heavy atom. The molecule has 0 aliphatic carbocycles. The van der Waals surface area contributed by atoms with Crippen molar-refractivity contribution < 1.29 is 27.5 Å². The van der Waals surface area contributed by atoms with E-state index in [9.17, 15) is 18.0 Å². The van der Waals surface area contributed by atoms with Gasteiger partial charge in [0.05, 0.1) is 24.8 Å². The molecular formula is C37H43N3O6S. The van der Waals surface area contributed by atoms with Crippen LogP contribution in [-0.4, -0.2) is 58.0 Å². The Bertz CT molecular complexity index is 1750. The van der Waals surface area contributed by atoms with Gasteiger partial charge in [0.1, 0.15) is 24.1 Å². The van der Waals surface area contributed by atoms with E-state index in [1.165, 1.54) is 31.3 Å². The molecule has 4 aromatic rings. The van der Waals surface area contributed by atoms with Crippen LogP contribution in [0.15, 0.2) is 108 Å². The first kappa shape index (κ1) is 35.0. The average molecular weight is 658 g/mol. The van der Waals surface area contributed by atoms with Gasteiger partial charge in [-0.05, 0) is 67.8 Å². The summed E-state index contributed by atoms with van der Waals surface area (Å²) >= 11 is 0. The van der Waals surface area contributed by atoms with E-state index in [0.717, 1.165) is 21.0 Å². The van der Waals surface area contributed by atoms with E-state index in [1.807, 2.05) is 75.4 Å². The molecule has 10 heteroatoms. The number of hydrogen-bond donors (Lipinski definition) is 1. The fourth-order valence-corrected chi connectivity index (χ4v) is 6.65. The number of carbonyl (C=O) groups is 2. The van der Waals surface area contributed by atoms with E-state index in [-0.39, 0.29) is 41.2 Å². The number of rotatable bonds is 15. The van der Waals surface area contributed by atoms with Gasteiger partial charge in [0.2, 0.25) is 11.8 Å². The molecule has 0 spiro atoms. The summed E-state index contributed by atoms with van der Waals surface area (Å²) in [6.45, 7) is 5.35. The number of sulfonamides is 1. The highest BCUT2D eigenvalue weighted by Gasteiger charge is 2.35. The van der Waals surface area contributed by atoms with Crippen molar-refractivity contribution in [3.05, 3.63) is 120 Å². The lowest BCUT2D eigenvalue weighted by molar-refractivity contribution is -0.140. The maximum Gasteiger partial charge on any atom is 0.264 e. The van der Waals surface area contributed by atoms with E-state index in [4.69, 9.17) is 9.47 Å². The normalized spacial score (nSPS) is 12.4. The maximum absolute atomic E-state index is 14.7. The van der Waals surface area contributed by atoms with Gasteiger partial charge in [0.25, 0.3) is 10.0 Å². The third-order valence-corrected chi connectivity index (χ3v) is 9.76. The van der Waals surface area contributed by atoms with Crippen LogP contribution in [0.1, 0.15) is 37.0 Å². The molecule has 0 radical (unpaired) electrons. The van der Waals surface area contributed by atoms with Crippen molar-refractivity contribution >= 4 is 27.5 Å². The Hall–Kier alpha value is -4.83. The highest BCUT2D eigenvalue weighted by Crippen LogP contribution is 2.33. The number of aryl methyl sites for hydroxylation is 1.